The van der Waals surface area contributed by atoms with E-state index in [0.717, 1.165) is 37.1 Å². The molecule has 2 aromatic rings. The van der Waals surface area contributed by atoms with Crippen molar-refractivity contribution in [2.45, 2.75) is 26.0 Å². The van der Waals surface area contributed by atoms with Crippen LogP contribution in [0, 0.1) is 11.7 Å². The maximum absolute atomic E-state index is 14.0. The Morgan fingerprint density at radius 3 is 2.76 bits per heavy atom. The third-order valence-corrected chi connectivity index (χ3v) is 5.02. The molecule has 1 unspecified atom stereocenters. The Balaban J connectivity index is 1.59. The van der Waals surface area contributed by atoms with Gasteiger partial charge in [0.05, 0.1) is 18.7 Å². The lowest BCUT2D eigenvalue weighted by molar-refractivity contribution is 0.281. The van der Waals surface area contributed by atoms with Crippen LogP contribution in [0.25, 0.3) is 0 Å². The normalized spacial score (nSPS) is 17.8. The quantitative estimate of drug-likeness (QED) is 0.840. The zero-order chi connectivity index (χ0) is 17.8. The minimum Gasteiger partial charge on any atom is -0.492 e. The zero-order valence-corrected chi connectivity index (χ0v) is 15.1. The fourth-order valence-corrected chi connectivity index (χ4v) is 3.88. The fraction of sp³-hybridized carbons (Fsp3) is 0.400. The van der Waals surface area contributed by atoms with Crippen molar-refractivity contribution in [1.29, 1.82) is 0 Å². The van der Waals surface area contributed by atoms with E-state index in [1.54, 1.807) is 6.07 Å². The number of hydrogen-bond donors (Lipinski definition) is 1. The first-order valence-electron chi connectivity index (χ1n) is 8.52. The van der Waals surface area contributed by atoms with Crippen molar-refractivity contribution < 1.29 is 14.2 Å². The number of aliphatic hydroxyl groups excluding tert-OH is 1. The molecule has 0 bridgehead atoms. The molecule has 5 heteroatoms. The average Bonchev–Trinajstić information content (AvgIpc) is 3.01. The summed E-state index contributed by atoms with van der Waals surface area (Å²) >= 11 is 6.08. The Labute approximate surface area is 153 Å². The first-order valence-corrected chi connectivity index (χ1v) is 8.89. The highest BCUT2D eigenvalue weighted by atomic mass is 35.5. The van der Waals surface area contributed by atoms with E-state index in [4.69, 9.17) is 16.3 Å². The van der Waals surface area contributed by atoms with Gasteiger partial charge < -0.3 is 9.84 Å². The third-order valence-electron chi connectivity index (χ3n) is 4.74. The summed E-state index contributed by atoms with van der Waals surface area (Å²) in [6.07, 6.45) is 2.12. The van der Waals surface area contributed by atoms with Gasteiger partial charge >= 0.3 is 0 Å². The molecule has 1 fully saturated rings. The molecule has 0 saturated carbocycles. The number of ether oxygens (including phenoxy) is 1. The largest absolute Gasteiger partial charge is 0.492 e. The van der Waals surface area contributed by atoms with Gasteiger partial charge in [-0.05, 0) is 54.1 Å². The molecule has 1 atom stereocenters. The van der Waals surface area contributed by atoms with E-state index in [1.165, 1.54) is 18.7 Å². The Kier molecular flexibility index (Phi) is 5.94. The van der Waals surface area contributed by atoms with Crippen LogP contribution in [0.3, 0.4) is 0 Å². The third kappa shape index (κ3) is 4.51. The van der Waals surface area contributed by atoms with Gasteiger partial charge in [0, 0.05) is 13.1 Å². The summed E-state index contributed by atoms with van der Waals surface area (Å²) in [6.45, 7) is 2.74. The number of hydrogen-bond acceptors (Lipinski definition) is 3. The van der Waals surface area contributed by atoms with Crippen LogP contribution < -0.4 is 4.74 Å². The van der Waals surface area contributed by atoms with Crippen LogP contribution >= 0.6 is 11.6 Å². The van der Waals surface area contributed by atoms with Crippen molar-refractivity contribution in [3.63, 3.8) is 0 Å². The summed E-state index contributed by atoms with van der Waals surface area (Å²) in [5, 5.41) is 9.57. The molecule has 3 rings (SSSR count). The molecule has 134 valence electrons. The van der Waals surface area contributed by atoms with Gasteiger partial charge in [-0.2, -0.15) is 0 Å². The molecule has 0 aromatic heterocycles. The van der Waals surface area contributed by atoms with E-state index in [1.807, 2.05) is 12.1 Å². The van der Waals surface area contributed by atoms with Gasteiger partial charge in [-0.25, -0.2) is 4.39 Å². The molecule has 1 aliphatic rings. The number of halogens is 2. The summed E-state index contributed by atoms with van der Waals surface area (Å²) in [5.74, 6) is 0.266. The smallest absolute Gasteiger partial charge is 0.173 e. The molecule has 0 spiro atoms. The van der Waals surface area contributed by atoms with E-state index in [0.29, 0.717) is 17.5 Å². The monoisotopic (exact) mass is 363 g/mol. The van der Waals surface area contributed by atoms with E-state index >= 15 is 0 Å². The van der Waals surface area contributed by atoms with Crippen LogP contribution in [0.1, 0.15) is 23.1 Å². The molecule has 1 saturated heterocycles. The molecule has 0 aliphatic carbocycles. The summed E-state index contributed by atoms with van der Waals surface area (Å²) in [4.78, 5) is 2.33. The van der Waals surface area contributed by atoms with Gasteiger partial charge in [0.25, 0.3) is 0 Å². The number of rotatable bonds is 6. The van der Waals surface area contributed by atoms with Crippen molar-refractivity contribution in [3.05, 3.63) is 63.9 Å². The lowest BCUT2D eigenvalue weighted by Gasteiger charge is -2.17. The van der Waals surface area contributed by atoms with Crippen molar-refractivity contribution in [3.8, 4) is 5.75 Å². The number of benzene rings is 2. The first kappa shape index (κ1) is 18.2. The molecule has 1 N–H and O–H groups in total. The first-order chi connectivity index (χ1) is 12.1. The second-order valence-electron chi connectivity index (χ2n) is 6.66. The van der Waals surface area contributed by atoms with Crippen LogP contribution in [0.4, 0.5) is 4.39 Å². The summed E-state index contributed by atoms with van der Waals surface area (Å²) in [5.41, 5.74) is 3.08. The second kappa shape index (κ2) is 8.17. The van der Waals surface area contributed by atoms with Crippen molar-refractivity contribution in [2.24, 2.45) is 5.92 Å². The number of likely N-dealkylation sites (tertiary alicyclic amines) is 1. The number of aliphatic hydroxyl groups is 1. The van der Waals surface area contributed by atoms with Crippen LogP contribution in [-0.4, -0.2) is 30.2 Å². The summed E-state index contributed by atoms with van der Waals surface area (Å²) < 4.78 is 18.9. The summed E-state index contributed by atoms with van der Waals surface area (Å²) in [6, 6.07) is 11.4. The van der Waals surface area contributed by atoms with E-state index < -0.39 is 5.82 Å². The fourth-order valence-electron chi connectivity index (χ4n) is 3.57. The predicted octanol–water partition coefficient (Wildman–Crippen LogP) is 4.04. The Hall–Kier alpha value is -1.62. The van der Waals surface area contributed by atoms with Crippen LogP contribution in [0.2, 0.25) is 5.02 Å². The lowest BCUT2D eigenvalue weighted by Crippen LogP contribution is -2.20. The molecule has 2 aromatic carbocycles. The highest BCUT2D eigenvalue weighted by Gasteiger charge is 2.23. The highest BCUT2D eigenvalue weighted by molar-refractivity contribution is 6.32. The standard InChI is InChI=1S/C20H23ClFNO2/c1-25-20-18(21)9-17(10-19(20)22)12-23-6-5-15(11-23)7-14-3-2-4-16(8-14)13-24/h2-4,8-10,15,24H,5-7,11-13H2,1H3. The summed E-state index contributed by atoms with van der Waals surface area (Å²) in [7, 11) is 1.42. The molecular weight excluding hydrogens is 341 g/mol. The molecular formula is C20H23ClFNO2. The van der Waals surface area contributed by atoms with E-state index in [-0.39, 0.29) is 12.4 Å². The topological polar surface area (TPSA) is 32.7 Å². The van der Waals surface area contributed by atoms with Gasteiger partial charge in [0.1, 0.15) is 0 Å². The number of methoxy groups -OCH3 is 1. The van der Waals surface area contributed by atoms with Crippen LogP contribution in [0.5, 0.6) is 5.75 Å². The minimum absolute atomic E-state index is 0.0778. The van der Waals surface area contributed by atoms with Gasteiger partial charge in [0.15, 0.2) is 11.6 Å². The average molecular weight is 364 g/mol. The second-order valence-corrected chi connectivity index (χ2v) is 7.07. The van der Waals surface area contributed by atoms with E-state index in [2.05, 4.69) is 17.0 Å². The van der Waals surface area contributed by atoms with Crippen LogP contribution in [0.15, 0.2) is 36.4 Å². The Morgan fingerprint density at radius 1 is 1.24 bits per heavy atom. The Bertz CT molecular complexity index is 714. The van der Waals surface area contributed by atoms with Gasteiger partial charge in [0.2, 0.25) is 0 Å². The van der Waals surface area contributed by atoms with E-state index in [9.17, 15) is 9.50 Å². The highest BCUT2D eigenvalue weighted by Crippen LogP contribution is 2.30. The van der Waals surface area contributed by atoms with Gasteiger partial charge in [-0.1, -0.05) is 35.9 Å². The van der Waals surface area contributed by atoms with Crippen molar-refractivity contribution >= 4 is 11.6 Å². The SMILES string of the molecule is COc1c(F)cc(CN2CCC(Cc3cccc(CO)c3)C2)cc1Cl. The molecule has 1 aliphatic heterocycles. The molecule has 1 heterocycles. The lowest BCUT2D eigenvalue weighted by atomic mass is 9.97. The van der Waals surface area contributed by atoms with Crippen molar-refractivity contribution in [2.75, 3.05) is 20.2 Å². The Morgan fingerprint density at radius 2 is 2.04 bits per heavy atom. The molecule has 25 heavy (non-hydrogen) atoms. The van der Waals surface area contributed by atoms with Crippen molar-refractivity contribution in [1.82, 2.24) is 4.90 Å². The maximum Gasteiger partial charge on any atom is 0.173 e. The van der Waals surface area contributed by atoms with Gasteiger partial charge in [-0.3, -0.25) is 4.90 Å². The van der Waals surface area contributed by atoms with Crippen LogP contribution in [-0.2, 0) is 19.6 Å². The van der Waals surface area contributed by atoms with Gasteiger partial charge in [-0.15, -0.1) is 0 Å². The predicted molar refractivity (Wildman–Crippen MR) is 97.4 cm³/mol. The number of nitrogens with zero attached hydrogens (tertiary/aromatic N) is 1. The maximum atomic E-state index is 14.0. The molecule has 0 amide bonds. The molecule has 3 nitrogen and oxygen atoms in total. The zero-order valence-electron chi connectivity index (χ0n) is 14.3. The molecule has 0 radical (unpaired) electrons. The minimum atomic E-state index is -0.415.